The zero-order chi connectivity index (χ0) is 19.4. The van der Waals surface area contributed by atoms with Crippen molar-refractivity contribution in [3.8, 4) is 0 Å². The van der Waals surface area contributed by atoms with Crippen molar-refractivity contribution in [1.82, 2.24) is 25.0 Å². The number of aromatic nitrogens is 3. The van der Waals surface area contributed by atoms with Crippen molar-refractivity contribution in [3.63, 3.8) is 0 Å². The number of aryl methyl sites for hydroxylation is 1. The van der Waals surface area contributed by atoms with Gasteiger partial charge in [0.05, 0.1) is 6.04 Å². The van der Waals surface area contributed by atoms with Crippen molar-refractivity contribution in [1.29, 1.82) is 0 Å². The van der Waals surface area contributed by atoms with Crippen LogP contribution in [0.3, 0.4) is 0 Å². The van der Waals surface area contributed by atoms with E-state index in [0.717, 1.165) is 50.5 Å². The van der Waals surface area contributed by atoms with Crippen LogP contribution in [-0.2, 0) is 4.79 Å². The summed E-state index contributed by atoms with van der Waals surface area (Å²) in [5.74, 6) is 2.57. The second-order valence-electron chi connectivity index (χ2n) is 7.76. The molecule has 1 saturated heterocycles. The zero-order valence-corrected chi connectivity index (χ0v) is 17.6. The lowest BCUT2D eigenvalue weighted by Gasteiger charge is -2.34. The molecule has 0 aromatic carbocycles. The first kappa shape index (κ1) is 20.0. The van der Waals surface area contributed by atoms with Crippen molar-refractivity contribution in [3.05, 3.63) is 34.0 Å². The number of rotatable bonds is 7. The van der Waals surface area contributed by atoms with Gasteiger partial charge in [-0.05, 0) is 37.6 Å². The number of carbonyl (C=O) groups excluding carboxylic acids is 1. The van der Waals surface area contributed by atoms with E-state index in [9.17, 15) is 4.79 Å². The fraction of sp³-hybridized carbons (Fsp3) is 0.650. The zero-order valence-electron chi connectivity index (χ0n) is 16.8. The molecule has 1 atom stereocenters. The monoisotopic (exact) mass is 389 g/mol. The largest absolute Gasteiger partial charge is 0.349 e. The van der Waals surface area contributed by atoms with E-state index in [1.165, 1.54) is 4.88 Å². The molecular weight excluding hydrogens is 358 g/mol. The van der Waals surface area contributed by atoms with Gasteiger partial charge in [-0.3, -0.25) is 4.79 Å². The van der Waals surface area contributed by atoms with E-state index in [0.29, 0.717) is 12.0 Å². The van der Waals surface area contributed by atoms with Crippen molar-refractivity contribution in [2.75, 3.05) is 19.6 Å². The van der Waals surface area contributed by atoms with Gasteiger partial charge in [0.1, 0.15) is 11.6 Å². The first-order valence-corrected chi connectivity index (χ1v) is 10.8. The molecule has 0 spiro atoms. The molecular formula is C20H31N5OS. The minimum Gasteiger partial charge on any atom is -0.349 e. The summed E-state index contributed by atoms with van der Waals surface area (Å²) in [5.41, 5.74) is 0. The highest BCUT2D eigenvalue weighted by molar-refractivity contribution is 7.10. The number of nitrogens with zero attached hydrogens (tertiary/aromatic N) is 4. The molecule has 1 aliphatic rings. The lowest BCUT2D eigenvalue weighted by atomic mass is 10.0. The van der Waals surface area contributed by atoms with E-state index in [1.807, 2.05) is 6.07 Å². The predicted molar refractivity (Wildman–Crippen MR) is 109 cm³/mol. The molecule has 1 N–H and O–H groups in total. The summed E-state index contributed by atoms with van der Waals surface area (Å²) < 4.78 is 2.35. The van der Waals surface area contributed by atoms with E-state index in [1.54, 1.807) is 18.3 Å². The predicted octanol–water partition coefficient (Wildman–Crippen LogP) is 3.68. The lowest BCUT2D eigenvalue weighted by molar-refractivity contribution is -0.119. The molecule has 7 heteroatoms. The van der Waals surface area contributed by atoms with Crippen LogP contribution in [0.2, 0.25) is 0 Å². The Labute approximate surface area is 166 Å². The van der Waals surface area contributed by atoms with Crippen LogP contribution >= 0.6 is 11.3 Å². The highest BCUT2D eigenvalue weighted by atomic mass is 32.1. The van der Waals surface area contributed by atoms with Gasteiger partial charge in [-0.25, -0.2) is 0 Å². The van der Waals surface area contributed by atoms with E-state index < -0.39 is 0 Å². The number of hydrogen-bond acceptors (Lipinski definition) is 5. The molecule has 6 nitrogen and oxygen atoms in total. The highest BCUT2D eigenvalue weighted by Crippen LogP contribution is 2.28. The fourth-order valence-corrected chi connectivity index (χ4v) is 4.78. The Balaban J connectivity index is 1.55. The number of thiophene rings is 1. The van der Waals surface area contributed by atoms with Crippen LogP contribution in [0, 0.1) is 6.92 Å². The lowest BCUT2D eigenvalue weighted by Crippen LogP contribution is -2.37. The molecule has 1 amide bonds. The molecule has 27 heavy (non-hydrogen) atoms. The van der Waals surface area contributed by atoms with Gasteiger partial charge in [-0.1, -0.05) is 19.9 Å². The Morgan fingerprint density at radius 1 is 1.33 bits per heavy atom. The highest BCUT2D eigenvalue weighted by Gasteiger charge is 2.26. The summed E-state index contributed by atoms with van der Waals surface area (Å²) in [6.07, 6.45) is 3.21. The molecule has 2 aromatic heterocycles. The maximum Gasteiger partial charge on any atom is 0.217 e. The summed E-state index contributed by atoms with van der Waals surface area (Å²) in [6, 6.07) is 4.78. The first-order valence-electron chi connectivity index (χ1n) is 9.90. The van der Waals surface area contributed by atoms with Gasteiger partial charge in [0.2, 0.25) is 5.91 Å². The number of piperidine rings is 1. The van der Waals surface area contributed by atoms with Gasteiger partial charge in [0, 0.05) is 43.4 Å². The van der Waals surface area contributed by atoms with Crippen LogP contribution in [-0.4, -0.2) is 45.2 Å². The number of likely N-dealkylation sites (tertiary alicyclic amines) is 1. The SMILES string of the molecule is CC(=O)NC(CCN1CCC(n2c(C)nnc2C(C)C)CC1)c1cccs1. The van der Waals surface area contributed by atoms with Crippen LogP contribution in [0.1, 0.15) is 74.6 Å². The van der Waals surface area contributed by atoms with Crippen molar-refractivity contribution in [2.45, 2.75) is 65.0 Å². The Morgan fingerprint density at radius 2 is 2.07 bits per heavy atom. The van der Waals surface area contributed by atoms with Gasteiger partial charge >= 0.3 is 0 Å². The van der Waals surface area contributed by atoms with Crippen molar-refractivity contribution in [2.24, 2.45) is 0 Å². The number of amides is 1. The van der Waals surface area contributed by atoms with Crippen molar-refractivity contribution >= 4 is 17.2 Å². The van der Waals surface area contributed by atoms with Gasteiger partial charge in [-0.15, -0.1) is 21.5 Å². The fourth-order valence-electron chi connectivity index (χ4n) is 3.96. The topological polar surface area (TPSA) is 63.1 Å². The number of nitrogens with one attached hydrogen (secondary N) is 1. The third-order valence-electron chi connectivity index (χ3n) is 5.33. The Kier molecular flexibility index (Phi) is 6.65. The summed E-state index contributed by atoms with van der Waals surface area (Å²) >= 11 is 1.71. The van der Waals surface area contributed by atoms with Crippen LogP contribution in [0.5, 0.6) is 0 Å². The molecule has 3 heterocycles. The molecule has 148 valence electrons. The van der Waals surface area contributed by atoms with E-state index in [4.69, 9.17) is 0 Å². The third kappa shape index (κ3) is 4.96. The Morgan fingerprint density at radius 3 is 2.67 bits per heavy atom. The van der Waals surface area contributed by atoms with Crippen LogP contribution in [0.15, 0.2) is 17.5 Å². The maximum atomic E-state index is 11.6. The Hall–Kier alpha value is -1.73. The van der Waals surface area contributed by atoms with Gasteiger partial charge in [0.15, 0.2) is 0 Å². The van der Waals surface area contributed by atoms with E-state index >= 15 is 0 Å². The van der Waals surface area contributed by atoms with Crippen molar-refractivity contribution < 1.29 is 4.79 Å². The molecule has 1 unspecified atom stereocenters. The third-order valence-corrected chi connectivity index (χ3v) is 6.32. The Bertz CT molecular complexity index is 732. The summed E-state index contributed by atoms with van der Waals surface area (Å²) in [5, 5.41) is 13.9. The first-order chi connectivity index (χ1) is 13.0. The van der Waals surface area contributed by atoms with E-state index in [2.05, 4.69) is 57.2 Å². The normalized spacial score (nSPS) is 17.4. The molecule has 0 aliphatic carbocycles. The summed E-state index contributed by atoms with van der Waals surface area (Å²) in [7, 11) is 0. The van der Waals surface area contributed by atoms with Crippen LogP contribution < -0.4 is 5.32 Å². The van der Waals surface area contributed by atoms with Crippen LogP contribution in [0.25, 0.3) is 0 Å². The quantitative estimate of drug-likeness (QED) is 0.785. The van der Waals surface area contributed by atoms with Crippen LogP contribution in [0.4, 0.5) is 0 Å². The second-order valence-corrected chi connectivity index (χ2v) is 8.74. The molecule has 0 radical (unpaired) electrons. The molecule has 3 rings (SSSR count). The molecule has 0 bridgehead atoms. The minimum absolute atomic E-state index is 0.0383. The smallest absolute Gasteiger partial charge is 0.217 e. The van der Waals surface area contributed by atoms with Gasteiger partial charge in [0.25, 0.3) is 0 Å². The number of carbonyl (C=O) groups is 1. The second kappa shape index (κ2) is 8.97. The average Bonchev–Trinajstić information content (AvgIpc) is 3.28. The van der Waals surface area contributed by atoms with Gasteiger partial charge in [-0.2, -0.15) is 0 Å². The summed E-state index contributed by atoms with van der Waals surface area (Å²) in [4.78, 5) is 15.3. The van der Waals surface area contributed by atoms with E-state index in [-0.39, 0.29) is 11.9 Å². The maximum absolute atomic E-state index is 11.6. The standard InChI is InChI=1S/C20H31N5OS/c1-14(2)20-23-22-15(3)25(20)17-7-10-24(11-8-17)12-9-18(21-16(4)26)19-6-5-13-27-19/h5-6,13-14,17-18H,7-12H2,1-4H3,(H,21,26). The molecule has 0 saturated carbocycles. The summed E-state index contributed by atoms with van der Waals surface area (Å²) in [6.45, 7) is 11.2. The molecule has 1 fully saturated rings. The average molecular weight is 390 g/mol. The minimum atomic E-state index is 0.0383. The molecule has 1 aliphatic heterocycles. The molecule has 2 aromatic rings. The number of hydrogen-bond donors (Lipinski definition) is 1. The van der Waals surface area contributed by atoms with Gasteiger partial charge < -0.3 is 14.8 Å².